The van der Waals surface area contributed by atoms with Crippen LogP contribution in [-0.4, -0.2) is 5.91 Å². The lowest BCUT2D eigenvalue weighted by molar-refractivity contribution is -0.120. The summed E-state index contributed by atoms with van der Waals surface area (Å²) in [6.07, 6.45) is 3.79. The molecule has 0 saturated heterocycles. The molecule has 18 heavy (non-hydrogen) atoms. The van der Waals surface area contributed by atoms with Crippen molar-refractivity contribution in [2.75, 3.05) is 5.32 Å². The summed E-state index contributed by atoms with van der Waals surface area (Å²) in [6, 6.07) is 9.19. The SMILES string of the molecule is CCCC(CCC)C(=O)Nc1ccccc1C#N. The normalized spacial score (nSPS) is 10.1. The van der Waals surface area contributed by atoms with Crippen molar-refractivity contribution in [1.29, 1.82) is 5.26 Å². The van der Waals surface area contributed by atoms with Crippen molar-refractivity contribution < 1.29 is 4.79 Å². The third kappa shape index (κ3) is 3.89. The molecule has 0 saturated carbocycles. The van der Waals surface area contributed by atoms with Crippen molar-refractivity contribution in [3.63, 3.8) is 0 Å². The molecule has 0 unspecified atom stereocenters. The predicted octanol–water partition coefficient (Wildman–Crippen LogP) is 3.71. The van der Waals surface area contributed by atoms with Crippen LogP contribution in [0, 0.1) is 17.2 Å². The summed E-state index contributed by atoms with van der Waals surface area (Å²) in [4.78, 5) is 12.1. The number of anilines is 1. The Bertz CT molecular complexity index is 428. The number of nitrogens with zero attached hydrogens (tertiary/aromatic N) is 1. The average Bonchev–Trinajstić information content (AvgIpc) is 2.39. The van der Waals surface area contributed by atoms with Gasteiger partial charge >= 0.3 is 0 Å². The number of nitrogens with one attached hydrogen (secondary N) is 1. The molecule has 0 fully saturated rings. The van der Waals surface area contributed by atoms with E-state index in [1.807, 2.05) is 6.07 Å². The Morgan fingerprint density at radius 3 is 2.44 bits per heavy atom. The van der Waals surface area contributed by atoms with Crippen molar-refractivity contribution in [2.45, 2.75) is 39.5 Å². The van der Waals surface area contributed by atoms with Crippen molar-refractivity contribution in [2.24, 2.45) is 5.92 Å². The van der Waals surface area contributed by atoms with Crippen LogP contribution in [0.5, 0.6) is 0 Å². The van der Waals surface area contributed by atoms with Gasteiger partial charge in [-0.05, 0) is 25.0 Å². The zero-order chi connectivity index (χ0) is 13.4. The molecule has 0 aromatic heterocycles. The quantitative estimate of drug-likeness (QED) is 0.829. The van der Waals surface area contributed by atoms with Crippen LogP contribution in [0.1, 0.15) is 45.1 Å². The molecule has 0 bridgehead atoms. The Hall–Kier alpha value is -1.82. The summed E-state index contributed by atoms with van der Waals surface area (Å²) >= 11 is 0. The maximum atomic E-state index is 12.1. The molecule has 0 aliphatic heterocycles. The van der Waals surface area contributed by atoms with Gasteiger partial charge in [-0.25, -0.2) is 0 Å². The second-order valence-electron chi connectivity index (χ2n) is 4.42. The van der Waals surface area contributed by atoms with E-state index in [2.05, 4.69) is 25.2 Å². The van der Waals surface area contributed by atoms with Gasteiger partial charge in [-0.15, -0.1) is 0 Å². The monoisotopic (exact) mass is 244 g/mol. The second-order valence-corrected chi connectivity index (χ2v) is 4.42. The van der Waals surface area contributed by atoms with Gasteiger partial charge in [0.25, 0.3) is 0 Å². The summed E-state index contributed by atoms with van der Waals surface area (Å²) < 4.78 is 0. The summed E-state index contributed by atoms with van der Waals surface area (Å²) in [5, 5.41) is 11.8. The smallest absolute Gasteiger partial charge is 0.227 e. The summed E-state index contributed by atoms with van der Waals surface area (Å²) in [5.74, 6) is 0.0770. The molecule has 0 heterocycles. The minimum absolute atomic E-state index is 0.0291. The minimum Gasteiger partial charge on any atom is -0.325 e. The van der Waals surface area contributed by atoms with E-state index in [-0.39, 0.29) is 11.8 Å². The number of nitriles is 1. The number of hydrogen-bond donors (Lipinski definition) is 1. The summed E-state index contributed by atoms with van der Waals surface area (Å²) in [7, 11) is 0. The van der Waals surface area contributed by atoms with E-state index >= 15 is 0 Å². The van der Waals surface area contributed by atoms with Crippen LogP contribution in [0.25, 0.3) is 0 Å². The highest BCUT2D eigenvalue weighted by Gasteiger charge is 2.17. The van der Waals surface area contributed by atoms with Crippen LogP contribution in [0.2, 0.25) is 0 Å². The molecule has 3 heteroatoms. The highest BCUT2D eigenvalue weighted by atomic mass is 16.1. The van der Waals surface area contributed by atoms with Crippen LogP contribution < -0.4 is 5.32 Å². The van der Waals surface area contributed by atoms with Crippen LogP contribution in [-0.2, 0) is 4.79 Å². The van der Waals surface area contributed by atoms with Gasteiger partial charge in [0, 0.05) is 5.92 Å². The molecule has 3 nitrogen and oxygen atoms in total. The Labute approximate surface area is 109 Å². The molecule has 1 aromatic carbocycles. The number of amides is 1. The largest absolute Gasteiger partial charge is 0.325 e. The maximum absolute atomic E-state index is 12.1. The zero-order valence-electron chi connectivity index (χ0n) is 11.1. The van der Waals surface area contributed by atoms with Crippen molar-refractivity contribution in [1.82, 2.24) is 0 Å². The highest BCUT2D eigenvalue weighted by Crippen LogP contribution is 2.19. The number of rotatable bonds is 6. The average molecular weight is 244 g/mol. The van der Waals surface area contributed by atoms with Gasteiger partial charge in [-0.2, -0.15) is 5.26 Å². The number of carbonyl (C=O) groups is 1. The number of benzene rings is 1. The molecular weight excluding hydrogens is 224 g/mol. The Kier molecular flexibility index (Phi) is 5.93. The van der Waals surface area contributed by atoms with E-state index in [4.69, 9.17) is 5.26 Å². The Morgan fingerprint density at radius 2 is 1.89 bits per heavy atom. The molecule has 1 rings (SSSR count). The minimum atomic E-state index is 0.0291. The fraction of sp³-hybridized carbons (Fsp3) is 0.467. The molecule has 1 amide bonds. The Balaban J connectivity index is 2.76. The van der Waals surface area contributed by atoms with Gasteiger partial charge < -0.3 is 5.32 Å². The second kappa shape index (κ2) is 7.50. The van der Waals surface area contributed by atoms with E-state index in [0.29, 0.717) is 11.3 Å². The maximum Gasteiger partial charge on any atom is 0.227 e. The van der Waals surface area contributed by atoms with Gasteiger partial charge in [-0.1, -0.05) is 38.8 Å². The zero-order valence-corrected chi connectivity index (χ0v) is 11.1. The fourth-order valence-corrected chi connectivity index (χ4v) is 2.03. The van der Waals surface area contributed by atoms with Crippen molar-refractivity contribution in [3.8, 4) is 6.07 Å². The van der Waals surface area contributed by atoms with E-state index in [0.717, 1.165) is 25.7 Å². The first-order chi connectivity index (χ1) is 8.72. The molecule has 0 aliphatic carbocycles. The van der Waals surface area contributed by atoms with E-state index in [1.165, 1.54) is 0 Å². The first kappa shape index (κ1) is 14.2. The lowest BCUT2D eigenvalue weighted by atomic mass is 9.97. The number of carbonyl (C=O) groups excluding carboxylic acids is 1. The first-order valence-electron chi connectivity index (χ1n) is 6.52. The van der Waals surface area contributed by atoms with Gasteiger partial charge in [0.1, 0.15) is 6.07 Å². The van der Waals surface area contributed by atoms with Crippen LogP contribution in [0.3, 0.4) is 0 Å². The van der Waals surface area contributed by atoms with Crippen LogP contribution >= 0.6 is 0 Å². The van der Waals surface area contributed by atoms with Gasteiger partial charge in [-0.3, -0.25) is 4.79 Å². The topological polar surface area (TPSA) is 52.9 Å². The molecule has 0 spiro atoms. The number of para-hydroxylation sites is 1. The predicted molar refractivity (Wildman–Crippen MR) is 73.1 cm³/mol. The lowest BCUT2D eigenvalue weighted by Gasteiger charge is -2.15. The van der Waals surface area contributed by atoms with Crippen LogP contribution in [0.4, 0.5) is 5.69 Å². The molecule has 0 aliphatic rings. The third-order valence-corrected chi connectivity index (χ3v) is 2.95. The van der Waals surface area contributed by atoms with Crippen molar-refractivity contribution >= 4 is 11.6 Å². The molecule has 1 aromatic rings. The molecular formula is C15H20N2O. The standard InChI is InChI=1S/C15H20N2O/c1-3-7-12(8-4-2)15(18)17-14-10-6-5-9-13(14)11-16/h5-6,9-10,12H,3-4,7-8H2,1-2H3,(H,17,18). The summed E-state index contributed by atoms with van der Waals surface area (Å²) in [5.41, 5.74) is 1.12. The first-order valence-corrected chi connectivity index (χ1v) is 6.52. The molecule has 96 valence electrons. The van der Waals surface area contributed by atoms with Gasteiger partial charge in [0.2, 0.25) is 5.91 Å². The highest BCUT2D eigenvalue weighted by molar-refractivity contribution is 5.93. The molecule has 0 radical (unpaired) electrons. The van der Waals surface area contributed by atoms with Gasteiger partial charge in [0.05, 0.1) is 11.3 Å². The van der Waals surface area contributed by atoms with E-state index < -0.39 is 0 Å². The lowest BCUT2D eigenvalue weighted by Crippen LogP contribution is -2.23. The van der Waals surface area contributed by atoms with Crippen molar-refractivity contribution in [3.05, 3.63) is 29.8 Å². The molecule has 0 atom stereocenters. The van der Waals surface area contributed by atoms with Gasteiger partial charge in [0.15, 0.2) is 0 Å². The number of hydrogen-bond acceptors (Lipinski definition) is 2. The third-order valence-electron chi connectivity index (χ3n) is 2.95. The fourth-order valence-electron chi connectivity index (χ4n) is 2.03. The van der Waals surface area contributed by atoms with E-state index in [1.54, 1.807) is 18.2 Å². The molecule has 1 N–H and O–H groups in total. The Morgan fingerprint density at radius 1 is 1.28 bits per heavy atom. The summed E-state index contributed by atoms with van der Waals surface area (Å²) in [6.45, 7) is 4.17. The van der Waals surface area contributed by atoms with Crippen LogP contribution in [0.15, 0.2) is 24.3 Å². The van der Waals surface area contributed by atoms with E-state index in [9.17, 15) is 4.79 Å².